The summed E-state index contributed by atoms with van der Waals surface area (Å²) < 4.78 is 5.21. The fraction of sp³-hybridized carbons (Fsp3) is 0.533. The smallest absolute Gasteiger partial charge is 0.238 e. The maximum Gasteiger partial charge on any atom is 0.238 e. The van der Waals surface area contributed by atoms with Gasteiger partial charge >= 0.3 is 0 Å². The molecule has 0 heterocycles. The second-order valence-electron chi connectivity index (χ2n) is 5.37. The molecular weight excluding hydrogens is 240 g/mol. The number of para-hydroxylation sites is 2. The number of methoxy groups -OCH3 is 1. The Kier molecular flexibility index (Phi) is 4.43. The maximum atomic E-state index is 12.0. The van der Waals surface area contributed by atoms with Crippen molar-refractivity contribution in [2.75, 3.05) is 19.0 Å². The van der Waals surface area contributed by atoms with Crippen LogP contribution in [-0.2, 0) is 4.79 Å². The normalized spacial score (nSPS) is 17.2. The van der Waals surface area contributed by atoms with E-state index in [1.165, 1.54) is 12.8 Å². The molecule has 0 atom stereocenters. The first-order valence-electron chi connectivity index (χ1n) is 6.81. The van der Waals surface area contributed by atoms with Gasteiger partial charge in [0.15, 0.2) is 0 Å². The van der Waals surface area contributed by atoms with E-state index in [0.29, 0.717) is 18.0 Å². The Bertz CT molecular complexity index is 440. The maximum absolute atomic E-state index is 12.0. The Morgan fingerprint density at radius 3 is 2.68 bits per heavy atom. The van der Waals surface area contributed by atoms with E-state index in [1.807, 2.05) is 24.3 Å². The molecule has 2 rings (SSSR count). The number of carbonyl (C=O) groups excluding carboxylic acids is 1. The van der Waals surface area contributed by atoms with Crippen LogP contribution in [-0.4, -0.2) is 25.1 Å². The van der Waals surface area contributed by atoms with Crippen LogP contribution in [0.15, 0.2) is 24.3 Å². The van der Waals surface area contributed by atoms with E-state index in [9.17, 15) is 4.79 Å². The predicted molar refractivity (Wildman–Crippen MR) is 76.5 cm³/mol. The van der Waals surface area contributed by atoms with Gasteiger partial charge in [0.05, 0.1) is 19.3 Å². The van der Waals surface area contributed by atoms with Crippen molar-refractivity contribution in [1.29, 1.82) is 0 Å². The third-order valence-electron chi connectivity index (χ3n) is 3.76. The van der Waals surface area contributed by atoms with Gasteiger partial charge in [0.2, 0.25) is 5.91 Å². The molecule has 1 aromatic carbocycles. The van der Waals surface area contributed by atoms with Gasteiger partial charge in [-0.3, -0.25) is 4.79 Å². The first-order valence-corrected chi connectivity index (χ1v) is 6.81. The lowest BCUT2D eigenvalue weighted by molar-refractivity contribution is -0.115. The van der Waals surface area contributed by atoms with E-state index >= 15 is 0 Å². The lowest BCUT2D eigenvalue weighted by Gasteiger charge is -2.25. The summed E-state index contributed by atoms with van der Waals surface area (Å²) in [5.41, 5.74) is 0.839. The quantitative estimate of drug-likeness (QED) is 0.857. The molecule has 0 aromatic heterocycles. The summed E-state index contributed by atoms with van der Waals surface area (Å²) in [4.78, 5) is 12.0. The summed E-state index contributed by atoms with van der Waals surface area (Å²) in [6.07, 6.45) is 4.79. The van der Waals surface area contributed by atoms with Crippen molar-refractivity contribution >= 4 is 11.6 Å². The lowest BCUT2D eigenvalue weighted by Crippen LogP contribution is -2.43. The third kappa shape index (κ3) is 3.70. The molecule has 4 nitrogen and oxygen atoms in total. The summed E-state index contributed by atoms with van der Waals surface area (Å²) >= 11 is 0. The zero-order chi connectivity index (χ0) is 13.7. The first kappa shape index (κ1) is 13.9. The number of hydrogen-bond donors (Lipinski definition) is 2. The number of hydrogen-bond acceptors (Lipinski definition) is 3. The number of amides is 1. The highest BCUT2D eigenvalue weighted by molar-refractivity contribution is 5.93. The van der Waals surface area contributed by atoms with E-state index in [1.54, 1.807) is 7.11 Å². The standard InChI is InChI=1S/C15H22N2O2/c1-15(9-5-6-10-15)16-11-14(18)17-12-7-3-4-8-13(12)19-2/h3-4,7-8,16H,5-6,9-11H2,1-2H3,(H,17,18). The Labute approximate surface area is 114 Å². The molecule has 0 aliphatic heterocycles. The van der Waals surface area contributed by atoms with Gasteiger partial charge in [0.25, 0.3) is 0 Å². The van der Waals surface area contributed by atoms with Gasteiger partial charge in [-0.25, -0.2) is 0 Å². The van der Waals surface area contributed by atoms with Crippen molar-refractivity contribution in [2.45, 2.75) is 38.1 Å². The third-order valence-corrected chi connectivity index (χ3v) is 3.76. The molecule has 19 heavy (non-hydrogen) atoms. The molecule has 1 fully saturated rings. The Balaban J connectivity index is 1.87. The Hall–Kier alpha value is -1.55. The average Bonchev–Trinajstić information content (AvgIpc) is 2.85. The van der Waals surface area contributed by atoms with E-state index < -0.39 is 0 Å². The van der Waals surface area contributed by atoms with Gasteiger partial charge in [-0.15, -0.1) is 0 Å². The molecule has 0 radical (unpaired) electrons. The molecule has 0 bridgehead atoms. The van der Waals surface area contributed by atoms with Crippen LogP contribution in [0.5, 0.6) is 5.75 Å². The minimum absolute atomic E-state index is 0.0300. The van der Waals surface area contributed by atoms with Crippen molar-refractivity contribution in [2.24, 2.45) is 0 Å². The van der Waals surface area contributed by atoms with E-state index in [4.69, 9.17) is 4.74 Å². The van der Waals surface area contributed by atoms with Gasteiger partial charge in [-0.2, -0.15) is 0 Å². The van der Waals surface area contributed by atoms with E-state index in [2.05, 4.69) is 17.6 Å². The van der Waals surface area contributed by atoms with Crippen molar-refractivity contribution < 1.29 is 9.53 Å². The molecule has 0 saturated heterocycles. The van der Waals surface area contributed by atoms with Crippen molar-refractivity contribution in [1.82, 2.24) is 5.32 Å². The van der Waals surface area contributed by atoms with Gasteiger partial charge in [0.1, 0.15) is 5.75 Å². The van der Waals surface area contributed by atoms with Crippen LogP contribution in [0.4, 0.5) is 5.69 Å². The molecule has 1 saturated carbocycles. The minimum atomic E-state index is -0.0300. The van der Waals surface area contributed by atoms with Crippen LogP contribution >= 0.6 is 0 Å². The summed E-state index contributed by atoms with van der Waals surface area (Å²) in [5, 5.41) is 6.24. The molecule has 104 valence electrons. The number of rotatable bonds is 5. The van der Waals surface area contributed by atoms with Gasteiger partial charge in [-0.05, 0) is 31.9 Å². The first-order chi connectivity index (χ1) is 9.13. The summed E-state index contributed by atoms with van der Waals surface area (Å²) in [7, 11) is 1.60. The SMILES string of the molecule is COc1ccccc1NC(=O)CNC1(C)CCCC1. The largest absolute Gasteiger partial charge is 0.495 e. The van der Waals surface area contributed by atoms with Crippen molar-refractivity contribution in [3.63, 3.8) is 0 Å². The molecule has 2 N–H and O–H groups in total. The van der Waals surface area contributed by atoms with Crippen LogP contribution in [0.25, 0.3) is 0 Å². The molecule has 0 spiro atoms. The van der Waals surface area contributed by atoms with E-state index in [0.717, 1.165) is 12.8 Å². The number of anilines is 1. The monoisotopic (exact) mass is 262 g/mol. The van der Waals surface area contributed by atoms with Crippen LogP contribution in [0.2, 0.25) is 0 Å². The highest BCUT2D eigenvalue weighted by Gasteiger charge is 2.28. The Morgan fingerprint density at radius 2 is 2.00 bits per heavy atom. The average molecular weight is 262 g/mol. The van der Waals surface area contributed by atoms with Crippen LogP contribution < -0.4 is 15.4 Å². The fourth-order valence-electron chi connectivity index (χ4n) is 2.57. The molecule has 1 aliphatic carbocycles. The van der Waals surface area contributed by atoms with Crippen LogP contribution in [0, 0.1) is 0 Å². The molecule has 4 heteroatoms. The number of carbonyl (C=O) groups is 1. The molecule has 1 aliphatic rings. The highest BCUT2D eigenvalue weighted by Crippen LogP contribution is 2.28. The number of benzene rings is 1. The molecule has 1 aromatic rings. The fourth-order valence-corrected chi connectivity index (χ4v) is 2.57. The summed E-state index contributed by atoms with van der Waals surface area (Å²) in [6, 6.07) is 7.44. The molecular formula is C15H22N2O2. The highest BCUT2D eigenvalue weighted by atomic mass is 16.5. The van der Waals surface area contributed by atoms with Gasteiger partial charge in [-0.1, -0.05) is 25.0 Å². The Morgan fingerprint density at radius 1 is 1.32 bits per heavy atom. The zero-order valence-corrected chi connectivity index (χ0v) is 11.7. The van der Waals surface area contributed by atoms with Gasteiger partial charge < -0.3 is 15.4 Å². The van der Waals surface area contributed by atoms with Crippen molar-refractivity contribution in [3.05, 3.63) is 24.3 Å². The van der Waals surface area contributed by atoms with Crippen LogP contribution in [0.3, 0.4) is 0 Å². The molecule has 0 unspecified atom stereocenters. The summed E-state index contributed by atoms with van der Waals surface area (Å²) in [5.74, 6) is 0.653. The molecule has 1 amide bonds. The van der Waals surface area contributed by atoms with Gasteiger partial charge in [0, 0.05) is 5.54 Å². The summed E-state index contributed by atoms with van der Waals surface area (Å²) in [6.45, 7) is 2.53. The second-order valence-corrected chi connectivity index (χ2v) is 5.37. The lowest BCUT2D eigenvalue weighted by atomic mass is 10.0. The topological polar surface area (TPSA) is 50.4 Å². The zero-order valence-electron chi connectivity index (χ0n) is 11.7. The second kappa shape index (κ2) is 6.06. The predicted octanol–water partition coefficient (Wildman–Crippen LogP) is 2.56. The van der Waals surface area contributed by atoms with E-state index in [-0.39, 0.29) is 11.4 Å². The van der Waals surface area contributed by atoms with Crippen LogP contribution in [0.1, 0.15) is 32.6 Å². The number of nitrogens with one attached hydrogen (secondary N) is 2. The number of ether oxygens (including phenoxy) is 1. The minimum Gasteiger partial charge on any atom is -0.495 e. The van der Waals surface area contributed by atoms with Crippen molar-refractivity contribution in [3.8, 4) is 5.75 Å².